The van der Waals surface area contributed by atoms with E-state index in [2.05, 4.69) is 4.98 Å². The fourth-order valence-electron chi connectivity index (χ4n) is 1.21. The topological polar surface area (TPSA) is 30.0 Å². The van der Waals surface area contributed by atoms with E-state index < -0.39 is 0 Å². The van der Waals surface area contributed by atoms with E-state index in [0.29, 0.717) is 17.1 Å². The number of allylic oxidation sites excluding steroid dienone is 1. The second-order valence-electron chi connectivity index (χ2n) is 2.58. The van der Waals surface area contributed by atoms with Crippen LogP contribution in [0.3, 0.4) is 0 Å². The highest BCUT2D eigenvalue weighted by Crippen LogP contribution is 2.24. The first-order chi connectivity index (χ1) is 5.79. The Labute approximate surface area is 74.9 Å². The molecule has 12 heavy (non-hydrogen) atoms. The summed E-state index contributed by atoms with van der Waals surface area (Å²) in [5.74, 6) is 0.0370. The minimum absolute atomic E-state index is 0.0370. The number of pyridine rings is 1. The molecule has 0 atom stereocenters. The Bertz CT molecular complexity index is 371. The van der Waals surface area contributed by atoms with Gasteiger partial charge in [-0.25, -0.2) is 0 Å². The van der Waals surface area contributed by atoms with Gasteiger partial charge in [0.2, 0.25) is 0 Å². The van der Waals surface area contributed by atoms with E-state index in [4.69, 9.17) is 11.6 Å². The molecule has 3 heteroatoms. The Morgan fingerprint density at radius 3 is 3.08 bits per heavy atom. The van der Waals surface area contributed by atoms with E-state index in [9.17, 15) is 4.79 Å². The molecular weight excluding hydrogens is 174 g/mol. The van der Waals surface area contributed by atoms with Crippen LogP contribution in [0.2, 0.25) is 5.02 Å². The van der Waals surface area contributed by atoms with Crippen LogP contribution >= 0.6 is 11.6 Å². The maximum atomic E-state index is 11.3. The molecule has 0 saturated heterocycles. The van der Waals surface area contributed by atoms with E-state index in [1.165, 1.54) is 0 Å². The zero-order valence-electron chi connectivity index (χ0n) is 6.25. The first-order valence-electron chi connectivity index (χ1n) is 3.63. The molecule has 60 valence electrons. The van der Waals surface area contributed by atoms with Crippen LogP contribution in [0.5, 0.6) is 0 Å². The van der Waals surface area contributed by atoms with E-state index in [1.54, 1.807) is 18.3 Å². The van der Waals surface area contributed by atoms with Crippen molar-refractivity contribution in [1.29, 1.82) is 0 Å². The lowest BCUT2D eigenvalue weighted by Gasteiger charge is -2.08. The highest BCUT2D eigenvalue weighted by Gasteiger charge is 2.15. The van der Waals surface area contributed by atoms with Gasteiger partial charge in [-0.1, -0.05) is 23.8 Å². The van der Waals surface area contributed by atoms with Crippen molar-refractivity contribution in [3.63, 3.8) is 0 Å². The molecule has 1 aromatic rings. The summed E-state index contributed by atoms with van der Waals surface area (Å²) in [6.45, 7) is 0. The summed E-state index contributed by atoms with van der Waals surface area (Å²) >= 11 is 5.86. The second-order valence-corrected chi connectivity index (χ2v) is 2.99. The highest BCUT2D eigenvalue weighted by atomic mass is 35.5. The number of Topliss-reactive ketones (excluding diaryl/α,β-unsaturated/α-hetero) is 1. The SMILES string of the molecule is O=C1CC=Cc2c(Cl)ccnc21. The largest absolute Gasteiger partial charge is 0.292 e. The minimum Gasteiger partial charge on any atom is -0.292 e. The van der Waals surface area contributed by atoms with E-state index in [-0.39, 0.29) is 5.78 Å². The zero-order chi connectivity index (χ0) is 8.55. The minimum atomic E-state index is 0.0370. The summed E-state index contributed by atoms with van der Waals surface area (Å²) < 4.78 is 0. The molecule has 0 saturated carbocycles. The molecule has 0 aromatic carbocycles. The zero-order valence-corrected chi connectivity index (χ0v) is 7.01. The third-order valence-corrected chi connectivity index (χ3v) is 2.12. The van der Waals surface area contributed by atoms with Gasteiger partial charge in [0, 0.05) is 18.2 Å². The van der Waals surface area contributed by atoms with E-state index >= 15 is 0 Å². The van der Waals surface area contributed by atoms with Crippen molar-refractivity contribution in [1.82, 2.24) is 4.98 Å². The molecule has 1 aromatic heterocycles. The van der Waals surface area contributed by atoms with Crippen molar-refractivity contribution in [2.45, 2.75) is 6.42 Å². The number of ketones is 1. The number of rotatable bonds is 0. The summed E-state index contributed by atoms with van der Waals surface area (Å²) in [4.78, 5) is 15.2. The summed E-state index contributed by atoms with van der Waals surface area (Å²) in [5.41, 5.74) is 1.24. The van der Waals surface area contributed by atoms with Crippen molar-refractivity contribution >= 4 is 23.5 Å². The molecule has 0 fully saturated rings. The standard InChI is InChI=1S/C9H6ClNO/c10-7-4-5-11-9-6(7)2-1-3-8(9)12/h1-2,4-5H,3H2. The number of fused-ring (bicyclic) bond motifs is 1. The third-order valence-electron chi connectivity index (χ3n) is 1.79. The van der Waals surface area contributed by atoms with Gasteiger partial charge < -0.3 is 0 Å². The molecule has 0 bridgehead atoms. The van der Waals surface area contributed by atoms with Gasteiger partial charge in [0.05, 0.1) is 5.02 Å². The molecule has 1 aliphatic rings. The Morgan fingerprint density at radius 2 is 2.33 bits per heavy atom. The lowest BCUT2D eigenvalue weighted by Crippen LogP contribution is -2.06. The van der Waals surface area contributed by atoms with Gasteiger partial charge >= 0.3 is 0 Å². The van der Waals surface area contributed by atoms with Crippen molar-refractivity contribution in [3.05, 3.63) is 34.6 Å². The molecule has 2 rings (SSSR count). The summed E-state index contributed by atoms with van der Waals surface area (Å²) in [6.07, 6.45) is 5.63. The van der Waals surface area contributed by atoms with E-state index in [0.717, 1.165) is 5.56 Å². The number of hydrogen-bond acceptors (Lipinski definition) is 2. The van der Waals surface area contributed by atoms with Crippen LogP contribution in [0.1, 0.15) is 22.5 Å². The normalized spacial score (nSPS) is 14.6. The van der Waals surface area contributed by atoms with Gasteiger partial charge in [-0.15, -0.1) is 0 Å². The molecule has 1 aliphatic carbocycles. The van der Waals surface area contributed by atoms with Gasteiger partial charge in [0.1, 0.15) is 5.69 Å². The molecule has 0 unspecified atom stereocenters. The predicted molar refractivity (Wildman–Crippen MR) is 47.2 cm³/mol. The van der Waals surface area contributed by atoms with Crippen LogP contribution in [0, 0.1) is 0 Å². The Kier molecular flexibility index (Phi) is 1.70. The highest BCUT2D eigenvalue weighted by molar-refractivity contribution is 6.32. The van der Waals surface area contributed by atoms with Crippen LogP contribution in [0.15, 0.2) is 18.3 Å². The van der Waals surface area contributed by atoms with Crippen LogP contribution < -0.4 is 0 Å². The van der Waals surface area contributed by atoms with Crippen LogP contribution in [0.25, 0.3) is 6.08 Å². The number of hydrogen-bond donors (Lipinski definition) is 0. The summed E-state index contributed by atoms with van der Waals surface area (Å²) in [7, 11) is 0. The lowest BCUT2D eigenvalue weighted by atomic mass is 10.0. The molecule has 0 spiro atoms. The van der Waals surface area contributed by atoms with Gasteiger partial charge in [0.25, 0.3) is 0 Å². The Hall–Kier alpha value is -1.15. The van der Waals surface area contributed by atoms with Crippen molar-refractivity contribution in [2.75, 3.05) is 0 Å². The number of nitrogens with zero attached hydrogens (tertiary/aromatic N) is 1. The lowest BCUT2D eigenvalue weighted by molar-refractivity contribution is 0.0989. The van der Waals surface area contributed by atoms with Crippen molar-refractivity contribution in [2.24, 2.45) is 0 Å². The molecule has 0 amide bonds. The molecular formula is C9H6ClNO. The molecule has 1 heterocycles. The maximum absolute atomic E-state index is 11.3. The van der Waals surface area contributed by atoms with Crippen molar-refractivity contribution in [3.8, 4) is 0 Å². The molecule has 0 aliphatic heterocycles. The number of carbonyl (C=O) groups is 1. The second kappa shape index (κ2) is 2.72. The van der Waals surface area contributed by atoms with Gasteiger partial charge in [0.15, 0.2) is 5.78 Å². The molecule has 0 radical (unpaired) electrons. The quantitative estimate of drug-likeness (QED) is 0.612. The average molecular weight is 180 g/mol. The maximum Gasteiger partial charge on any atom is 0.185 e. The van der Waals surface area contributed by atoms with Gasteiger partial charge in [-0.05, 0) is 6.07 Å². The third kappa shape index (κ3) is 1.04. The molecule has 2 nitrogen and oxygen atoms in total. The number of halogens is 1. The van der Waals surface area contributed by atoms with Gasteiger partial charge in [-0.3, -0.25) is 9.78 Å². The van der Waals surface area contributed by atoms with Crippen LogP contribution in [0.4, 0.5) is 0 Å². The number of carbonyl (C=O) groups excluding carboxylic acids is 1. The Balaban J connectivity index is 2.69. The van der Waals surface area contributed by atoms with Crippen molar-refractivity contribution < 1.29 is 4.79 Å². The first-order valence-corrected chi connectivity index (χ1v) is 4.01. The monoisotopic (exact) mass is 179 g/mol. The fraction of sp³-hybridized carbons (Fsp3) is 0.111. The fourth-order valence-corrected chi connectivity index (χ4v) is 1.42. The molecule has 0 N–H and O–H groups in total. The first kappa shape index (κ1) is 7.50. The summed E-state index contributed by atoms with van der Waals surface area (Å²) in [6, 6.07) is 1.68. The number of aromatic nitrogens is 1. The van der Waals surface area contributed by atoms with Crippen LogP contribution in [-0.4, -0.2) is 10.8 Å². The van der Waals surface area contributed by atoms with Gasteiger partial charge in [-0.2, -0.15) is 0 Å². The predicted octanol–water partition coefficient (Wildman–Crippen LogP) is 2.33. The van der Waals surface area contributed by atoms with E-state index in [1.807, 2.05) is 6.08 Å². The van der Waals surface area contributed by atoms with Crippen LogP contribution in [-0.2, 0) is 0 Å². The summed E-state index contributed by atoms with van der Waals surface area (Å²) in [5, 5.41) is 0.587. The average Bonchev–Trinajstić information content (AvgIpc) is 2.07. The smallest absolute Gasteiger partial charge is 0.185 e. The Morgan fingerprint density at radius 1 is 1.50 bits per heavy atom.